The molecule has 0 amide bonds. The smallest absolute Gasteiger partial charge is 0.127 e. The van der Waals surface area contributed by atoms with Gasteiger partial charge in [0.15, 0.2) is 0 Å². The summed E-state index contributed by atoms with van der Waals surface area (Å²) in [7, 11) is 1.62. The zero-order valence-corrected chi connectivity index (χ0v) is 10.7. The minimum absolute atomic E-state index is 0.224. The summed E-state index contributed by atoms with van der Waals surface area (Å²) in [6.07, 6.45) is 2.11. The highest BCUT2D eigenvalue weighted by Gasteiger charge is 2.16. The van der Waals surface area contributed by atoms with Crippen LogP contribution < -0.4 is 10.1 Å². The van der Waals surface area contributed by atoms with Crippen molar-refractivity contribution < 1.29 is 13.9 Å². The van der Waals surface area contributed by atoms with E-state index in [1.54, 1.807) is 13.2 Å². The standard InChI is InChI=1S/C14H20FNO2/c1-17-6-7-18-14-9-12(8-13(15)10-14)11-2-4-16-5-3-11/h8-11,16H,2-7H2,1H3. The lowest BCUT2D eigenvalue weighted by Crippen LogP contribution is -2.26. The van der Waals surface area contributed by atoms with Gasteiger partial charge in [0.05, 0.1) is 6.61 Å². The number of benzene rings is 1. The van der Waals surface area contributed by atoms with Crippen LogP contribution in [0.2, 0.25) is 0 Å². The number of halogens is 1. The first-order chi connectivity index (χ1) is 8.79. The first kappa shape index (κ1) is 13.3. The van der Waals surface area contributed by atoms with Crippen LogP contribution in [-0.2, 0) is 4.74 Å². The molecular weight excluding hydrogens is 233 g/mol. The highest BCUT2D eigenvalue weighted by Crippen LogP contribution is 2.28. The summed E-state index contributed by atoms with van der Waals surface area (Å²) < 4.78 is 24.0. The van der Waals surface area contributed by atoms with Gasteiger partial charge >= 0.3 is 0 Å². The topological polar surface area (TPSA) is 30.5 Å². The van der Waals surface area contributed by atoms with E-state index in [0.717, 1.165) is 31.5 Å². The molecule has 1 aromatic rings. The summed E-state index contributed by atoms with van der Waals surface area (Å²) in [4.78, 5) is 0. The summed E-state index contributed by atoms with van der Waals surface area (Å²) in [6.45, 7) is 2.97. The molecule has 0 saturated carbocycles. The Hall–Kier alpha value is -1.13. The van der Waals surface area contributed by atoms with Gasteiger partial charge in [-0.3, -0.25) is 0 Å². The van der Waals surface area contributed by atoms with Gasteiger partial charge in [-0.15, -0.1) is 0 Å². The van der Waals surface area contributed by atoms with Gasteiger partial charge in [-0.05, 0) is 49.5 Å². The maximum absolute atomic E-state index is 13.6. The fraction of sp³-hybridized carbons (Fsp3) is 0.571. The van der Waals surface area contributed by atoms with E-state index in [-0.39, 0.29) is 5.82 Å². The molecule has 0 unspecified atom stereocenters. The molecule has 0 radical (unpaired) electrons. The second-order valence-corrected chi connectivity index (χ2v) is 4.59. The Morgan fingerprint density at radius 1 is 1.22 bits per heavy atom. The first-order valence-corrected chi connectivity index (χ1v) is 6.42. The molecule has 1 fully saturated rings. The van der Waals surface area contributed by atoms with Crippen LogP contribution in [0.15, 0.2) is 18.2 Å². The third-order valence-electron chi connectivity index (χ3n) is 3.26. The molecule has 0 aromatic heterocycles. The van der Waals surface area contributed by atoms with Crippen LogP contribution in [0.4, 0.5) is 4.39 Å². The van der Waals surface area contributed by atoms with E-state index in [1.165, 1.54) is 6.07 Å². The maximum atomic E-state index is 13.6. The minimum atomic E-state index is -0.224. The molecule has 1 aromatic carbocycles. The van der Waals surface area contributed by atoms with Crippen LogP contribution in [0.1, 0.15) is 24.3 Å². The molecule has 3 nitrogen and oxygen atoms in total. The van der Waals surface area contributed by atoms with Gasteiger partial charge in [0.25, 0.3) is 0 Å². The van der Waals surface area contributed by atoms with E-state index < -0.39 is 0 Å². The van der Waals surface area contributed by atoms with Crippen LogP contribution >= 0.6 is 0 Å². The number of ether oxygens (including phenoxy) is 2. The molecule has 0 atom stereocenters. The number of methoxy groups -OCH3 is 1. The number of hydrogen-bond acceptors (Lipinski definition) is 3. The molecule has 2 rings (SSSR count). The zero-order chi connectivity index (χ0) is 12.8. The molecule has 1 heterocycles. The molecule has 18 heavy (non-hydrogen) atoms. The van der Waals surface area contributed by atoms with E-state index >= 15 is 0 Å². The first-order valence-electron chi connectivity index (χ1n) is 6.42. The van der Waals surface area contributed by atoms with Crippen molar-refractivity contribution in [3.8, 4) is 5.75 Å². The number of rotatable bonds is 5. The van der Waals surface area contributed by atoms with Gasteiger partial charge in [0, 0.05) is 13.2 Å². The van der Waals surface area contributed by atoms with Crippen molar-refractivity contribution >= 4 is 0 Å². The molecular formula is C14H20FNO2. The highest BCUT2D eigenvalue weighted by molar-refractivity contribution is 5.32. The molecule has 0 spiro atoms. The number of hydrogen-bond donors (Lipinski definition) is 1. The van der Waals surface area contributed by atoms with Crippen molar-refractivity contribution in [1.82, 2.24) is 5.32 Å². The highest BCUT2D eigenvalue weighted by atomic mass is 19.1. The Morgan fingerprint density at radius 2 is 2.00 bits per heavy atom. The minimum Gasteiger partial charge on any atom is -0.491 e. The fourth-order valence-electron chi connectivity index (χ4n) is 2.30. The Labute approximate surface area is 107 Å². The molecule has 1 aliphatic rings. The lowest BCUT2D eigenvalue weighted by Gasteiger charge is -2.23. The summed E-state index contributed by atoms with van der Waals surface area (Å²) in [5, 5.41) is 3.31. The van der Waals surface area contributed by atoms with Gasteiger partial charge in [0.1, 0.15) is 18.2 Å². The zero-order valence-electron chi connectivity index (χ0n) is 10.7. The van der Waals surface area contributed by atoms with Crippen molar-refractivity contribution in [2.75, 3.05) is 33.4 Å². The fourth-order valence-corrected chi connectivity index (χ4v) is 2.30. The maximum Gasteiger partial charge on any atom is 0.127 e. The van der Waals surface area contributed by atoms with Gasteiger partial charge in [-0.1, -0.05) is 0 Å². The lowest BCUT2D eigenvalue weighted by molar-refractivity contribution is 0.146. The van der Waals surface area contributed by atoms with Crippen molar-refractivity contribution in [2.24, 2.45) is 0 Å². The molecule has 0 aliphatic carbocycles. The quantitative estimate of drug-likeness (QED) is 0.817. The van der Waals surface area contributed by atoms with Crippen LogP contribution in [0, 0.1) is 5.82 Å². The molecule has 1 aliphatic heterocycles. The van der Waals surface area contributed by atoms with Crippen molar-refractivity contribution in [1.29, 1.82) is 0 Å². The Balaban J connectivity index is 2.05. The normalized spacial score (nSPS) is 16.8. The Morgan fingerprint density at radius 3 is 2.72 bits per heavy atom. The van der Waals surface area contributed by atoms with Crippen molar-refractivity contribution in [3.05, 3.63) is 29.6 Å². The van der Waals surface area contributed by atoms with Gasteiger partial charge in [-0.2, -0.15) is 0 Å². The molecule has 100 valence electrons. The SMILES string of the molecule is COCCOc1cc(F)cc(C2CCNCC2)c1. The summed E-state index contributed by atoms with van der Waals surface area (Å²) in [5.41, 5.74) is 1.05. The number of piperidine rings is 1. The average Bonchev–Trinajstić information content (AvgIpc) is 2.39. The van der Waals surface area contributed by atoms with Gasteiger partial charge in [0.2, 0.25) is 0 Å². The van der Waals surface area contributed by atoms with Crippen LogP contribution in [0.25, 0.3) is 0 Å². The summed E-state index contributed by atoms with van der Waals surface area (Å²) in [5.74, 6) is 0.811. The predicted molar refractivity (Wildman–Crippen MR) is 68.6 cm³/mol. The molecule has 4 heteroatoms. The molecule has 0 bridgehead atoms. The largest absolute Gasteiger partial charge is 0.491 e. The monoisotopic (exact) mass is 253 g/mol. The number of nitrogens with one attached hydrogen (secondary N) is 1. The van der Waals surface area contributed by atoms with E-state index in [2.05, 4.69) is 5.32 Å². The van der Waals surface area contributed by atoms with E-state index in [9.17, 15) is 4.39 Å². The molecule has 1 N–H and O–H groups in total. The Kier molecular flexibility index (Phi) is 4.96. The lowest BCUT2D eigenvalue weighted by atomic mass is 9.90. The summed E-state index contributed by atoms with van der Waals surface area (Å²) in [6, 6.07) is 5.01. The van der Waals surface area contributed by atoms with E-state index in [4.69, 9.17) is 9.47 Å². The predicted octanol–water partition coefficient (Wildman–Crippen LogP) is 2.32. The van der Waals surface area contributed by atoms with Gasteiger partial charge in [-0.25, -0.2) is 4.39 Å². The van der Waals surface area contributed by atoms with Crippen LogP contribution in [0.3, 0.4) is 0 Å². The van der Waals surface area contributed by atoms with Crippen molar-refractivity contribution in [3.63, 3.8) is 0 Å². The molecule has 1 saturated heterocycles. The third-order valence-corrected chi connectivity index (χ3v) is 3.26. The second kappa shape index (κ2) is 6.71. The van der Waals surface area contributed by atoms with Crippen LogP contribution in [0.5, 0.6) is 5.75 Å². The third kappa shape index (κ3) is 3.68. The van der Waals surface area contributed by atoms with Crippen molar-refractivity contribution in [2.45, 2.75) is 18.8 Å². The second-order valence-electron chi connectivity index (χ2n) is 4.59. The van der Waals surface area contributed by atoms with Crippen LogP contribution in [-0.4, -0.2) is 33.4 Å². The Bertz CT molecular complexity index is 378. The van der Waals surface area contributed by atoms with E-state index in [1.807, 2.05) is 6.07 Å². The van der Waals surface area contributed by atoms with E-state index in [0.29, 0.717) is 24.9 Å². The van der Waals surface area contributed by atoms with Gasteiger partial charge < -0.3 is 14.8 Å². The average molecular weight is 253 g/mol. The summed E-state index contributed by atoms with van der Waals surface area (Å²) >= 11 is 0.